The molecular formula is C17H19N3O3. The maximum Gasteiger partial charge on any atom is 0.240 e. The van der Waals surface area contributed by atoms with Crippen LogP contribution in [-0.4, -0.2) is 26.7 Å². The molecule has 1 unspecified atom stereocenters. The summed E-state index contributed by atoms with van der Waals surface area (Å²) in [6, 6.07) is 13.6. The van der Waals surface area contributed by atoms with Gasteiger partial charge in [0.15, 0.2) is 5.82 Å². The van der Waals surface area contributed by atoms with Crippen LogP contribution >= 0.6 is 0 Å². The number of aromatic nitrogens is 2. The van der Waals surface area contributed by atoms with E-state index in [2.05, 4.69) is 15.0 Å². The zero-order chi connectivity index (χ0) is 16.1. The highest BCUT2D eigenvalue weighted by molar-refractivity contribution is 5.14. The van der Waals surface area contributed by atoms with Crippen LogP contribution in [0.2, 0.25) is 0 Å². The number of aliphatic hydroxyl groups excluding tert-OH is 1. The first kappa shape index (κ1) is 15.5. The Labute approximate surface area is 134 Å². The summed E-state index contributed by atoms with van der Waals surface area (Å²) in [5, 5.41) is 14.2. The molecule has 0 radical (unpaired) electrons. The predicted octanol–water partition coefficient (Wildman–Crippen LogP) is 2.71. The molecule has 0 amide bonds. The number of hydrogen-bond donors (Lipinski definition) is 1. The Hall–Kier alpha value is -2.44. The highest BCUT2D eigenvalue weighted by Crippen LogP contribution is 2.18. The molecule has 0 spiro atoms. The van der Waals surface area contributed by atoms with Gasteiger partial charge in [-0.3, -0.25) is 4.90 Å². The summed E-state index contributed by atoms with van der Waals surface area (Å²) in [4.78, 5) is 6.29. The van der Waals surface area contributed by atoms with Gasteiger partial charge in [-0.25, -0.2) is 0 Å². The third-order valence-electron chi connectivity index (χ3n) is 3.48. The average molecular weight is 313 g/mol. The molecule has 120 valence electrons. The van der Waals surface area contributed by atoms with Gasteiger partial charge in [0.25, 0.3) is 0 Å². The fourth-order valence-corrected chi connectivity index (χ4v) is 2.44. The molecule has 6 nitrogen and oxygen atoms in total. The lowest BCUT2D eigenvalue weighted by molar-refractivity contribution is 0.0816. The van der Waals surface area contributed by atoms with Crippen molar-refractivity contribution in [2.24, 2.45) is 0 Å². The first-order valence-electron chi connectivity index (χ1n) is 7.47. The molecule has 6 heteroatoms. The van der Waals surface area contributed by atoms with E-state index in [1.807, 2.05) is 30.3 Å². The lowest BCUT2D eigenvalue weighted by atomic mass is 10.2. The van der Waals surface area contributed by atoms with E-state index in [0.29, 0.717) is 37.1 Å². The van der Waals surface area contributed by atoms with Crippen molar-refractivity contribution < 1.29 is 14.0 Å². The standard InChI is InChI=1S/C17H19N3O3/c1-13-18-17(23-19-13)12-20(10-14-6-3-2-4-7-14)11-15(21)16-8-5-9-22-16/h2-9,15,21H,10-12H2,1H3. The first-order chi connectivity index (χ1) is 11.2. The molecule has 2 aromatic heterocycles. The van der Waals surface area contributed by atoms with E-state index in [4.69, 9.17) is 8.94 Å². The molecule has 0 saturated heterocycles. The Morgan fingerprint density at radius 3 is 2.61 bits per heavy atom. The van der Waals surface area contributed by atoms with Gasteiger partial charge in [-0.15, -0.1) is 0 Å². The smallest absolute Gasteiger partial charge is 0.240 e. The summed E-state index contributed by atoms with van der Waals surface area (Å²) in [5.74, 6) is 1.68. The monoisotopic (exact) mass is 313 g/mol. The lowest BCUT2D eigenvalue weighted by Gasteiger charge is -2.22. The van der Waals surface area contributed by atoms with Gasteiger partial charge >= 0.3 is 0 Å². The van der Waals surface area contributed by atoms with Crippen molar-refractivity contribution >= 4 is 0 Å². The third-order valence-corrected chi connectivity index (χ3v) is 3.48. The van der Waals surface area contributed by atoms with Gasteiger partial charge in [-0.1, -0.05) is 35.5 Å². The first-order valence-corrected chi connectivity index (χ1v) is 7.47. The van der Waals surface area contributed by atoms with Gasteiger partial charge in [0.2, 0.25) is 5.89 Å². The molecule has 0 aliphatic carbocycles. The minimum atomic E-state index is -0.710. The van der Waals surface area contributed by atoms with Crippen LogP contribution in [0.1, 0.15) is 29.1 Å². The van der Waals surface area contributed by atoms with Crippen molar-refractivity contribution in [1.82, 2.24) is 15.0 Å². The number of nitrogens with zero attached hydrogens (tertiary/aromatic N) is 3. The molecule has 23 heavy (non-hydrogen) atoms. The van der Waals surface area contributed by atoms with E-state index >= 15 is 0 Å². The highest BCUT2D eigenvalue weighted by Gasteiger charge is 2.18. The van der Waals surface area contributed by atoms with E-state index in [-0.39, 0.29) is 0 Å². The quantitative estimate of drug-likeness (QED) is 0.723. The molecule has 0 aliphatic heterocycles. The van der Waals surface area contributed by atoms with Crippen molar-refractivity contribution in [2.45, 2.75) is 26.1 Å². The molecule has 0 aliphatic rings. The van der Waals surface area contributed by atoms with Crippen molar-refractivity contribution in [2.75, 3.05) is 6.54 Å². The number of aliphatic hydroxyl groups is 1. The maximum atomic E-state index is 10.3. The highest BCUT2D eigenvalue weighted by atomic mass is 16.5. The Morgan fingerprint density at radius 2 is 1.96 bits per heavy atom. The summed E-state index contributed by atoms with van der Waals surface area (Å²) in [7, 11) is 0. The second-order valence-electron chi connectivity index (χ2n) is 5.42. The average Bonchev–Trinajstić information content (AvgIpc) is 3.20. The van der Waals surface area contributed by atoms with E-state index in [9.17, 15) is 5.11 Å². The molecule has 0 bridgehead atoms. The van der Waals surface area contributed by atoms with Crippen LogP contribution in [0, 0.1) is 6.92 Å². The summed E-state index contributed by atoms with van der Waals surface area (Å²) in [5.41, 5.74) is 1.15. The SMILES string of the molecule is Cc1noc(CN(Cc2ccccc2)CC(O)c2ccco2)n1. The van der Waals surface area contributed by atoms with Crippen LogP contribution in [-0.2, 0) is 13.1 Å². The Bertz CT molecular complexity index is 710. The van der Waals surface area contributed by atoms with E-state index in [0.717, 1.165) is 5.56 Å². The van der Waals surface area contributed by atoms with Crippen LogP contribution in [0.15, 0.2) is 57.7 Å². The zero-order valence-electron chi connectivity index (χ0n) is 12.9. The summed E-state index contributed by atoms with van der Waals surface area (Å²) >= 11 is 0. The summed E-state index contributed by atoms with van der Waals surface area (Å²) < 4.78 is 10.5. The van der Waals surface area contributed by atoms with Crippen LogP contribution in [0.25, 0.3) is 0 Å². The molecule has 2 heterocycles. The van der Waals surface area contributed by atoms with E-state index in [1.54, 1.807) is 25.3 Å². The van der Waals surface area contributed by atoms with Crippen molar-refractivity contribution in [1.29, 1.82) is 0 Å². The topological polar surface area (TPSA) is 75.5 Å². The normalized spacial score (nSPS) is 12.7. The molecule has 1 aromatic carbocycles. The number of rotatable bonds is 7. The summed E-state index contributed by atoms with van der Waals surface area (Å²) in [6.45, 7) is 3.32. The van der Waals surface area contributed by atoms with Gasteiger partial charge < -0.3 is 14.0 Å². The van der Waals surface area contributed by atoms with Gasteiger partial charge in [-0.2, -0.15) is 4.98 Å². The molecule has 0 fully saturated rings. The van der Waals surface area contributed by atoms with Gasteiger partial charge in [-0.05, 0) is 24.6 Å². The molecule has 3 rings (SSSR count). The zero-order valence-corrected chi connectivity index (χ0v) is 12.9. The van der Waals surface area contributed by atoms with Gasteiger partial charge in [0.1, 0.15) is 11.9 Å². The van der Waals surface area contributed by atoms with Crippen LogP contribution in [0.4, 0.5) is 0 Å². The van der Waals surface area contributed by atoms with Gasteiger partial charge in [0.05, 0.1) is 12.8 Å². The van der Waals surface area contributed by atoms with E-state index in [1.165, 1.54) is 0 Å². The molecule has 1 N–H and O–H groups in total. The molecular weight excluding hydrogens is 294 g/mol. The molecule has 0 saturated carbocycles. The van der Waals surface area contributed by atoms with Crippen LogP contribution < -0.4 is 0 Å². The van der Waals surface area contributed by atoms with E-state index < -0.39 is 6.10 Å². The second-order valence-corrected chi connectivity index (χ2v) is 5.42. The largest absolute Gasteiger partial charge is 0.467 e. The number of aryl methyl sites for hydroxylation is 1. The maximum absolute atomic E-state index is 10.3. The fraction of sp³-hybridized carbons (Fsp3) is 0.294. The van der Waals surface area contributed by atoms with Crippen LogP contribution in [0.3, 0.4) is 0 Å². The van der Waals surface area contributed by atoms with Crippen molar-refractivity contribution in [3.63, 3.8) is 0 Å². The predicted molar refractivity (Wildman–Crippen MR) is 83.3 cm³/mol. The molecule has 3 aromatic rings. The molecule has 1 atom stereocenters. The van der Waals surface area contributed by atoms with Crippen molar-refractivity contribution in [3.05, 3.63) is 71.8 Å². The minimum Gasteiger partial charge on any atom is -0.467 e. The van der Waals surface area contributed by atoms with Crippen LogP contribution in [0.5, 0.6) is 0 Å². The minimum absolute atomic E-state index is 0.407. The van der Waals surface area contributed by atoms with Crippen molar-refractivity contribution in [3.8, 4) is 0 Å². The number of hydrogen-bond acceptors (Lipinski definition) is 6. The third kappa shape index (κ3) is 4.28. The number of furan rings is 1. The Morgan fingerprint density at radius 1 is 1.13 bits per heavy atom. The Balaban J connectivity index is 1.72. The fourth-order valence-electron chi connectivity index (χ4n) is 2.44. The lowest BCUT2D eigenvalue weighted by Crippen LogP contribution is -2.28. The summed E-state index contributed by atoms with van der Waals surface area (Å²) in [6.07, 6.45) is 0.847. The Kier molecular flexibility index (Phi) is 4.85. The number of benzene rings is 1. The van der Waals surface area contributed by atoms with Gasteiger partial charge in [0, 0.05) is 13.1 Å². The second kappa shape index (κ2) is 7.21.